The SMILES string of the molecule is O=c1cc(CN2CCCC[C@H]2CCO)c2cc(O)c(O)cc2o1. The lowest BCUT2D eigenvalue weighted by Crippen LogP contribution is -2.39. The molecular weight excluding hydrogens is 298 g/mol. The smallest absolute Gasteiger partial charge is 0.336 e. The zero-order valence-electron chi connectivity index (χ0n) is 12.9. The minimum Gasteiger partial charge on any atom is -0.504 e. The summed E-state index contributed by atoms with van der Waals surface area (Å²) in [5.74, 6) is -0.549. The first-order valence-electron chi connectivity index (χ1n) is 7.92. The number of hydrogen-bond acceptors (Lipinski definition) is 6. The van der Waals surface area contributed by atoms with Gasteiger partial charge >= 0.3 is 5.63 Å². The van der Waals surface area contributed by atoms with Crippen LogP contribution in [0.3, 0.4) is 0 Å². The second kappa shape index (κ2) is 6.60. The highest BCUT2D eigenvalue weighted by Crippen LogP contribution is 2.32. The Bertz CT molecular complexity index is 752. The van der Waals surface area contributed by atoms with Gasteiger partial charge < -0.3 is 19.7 Å². The predicted molar refractivity (Wildman–Crippen MR) is 85.6 cm³/mol. The van der Waals surface area contributed by atoms with Gasteiger partial charge in [0.25, 0.3) is 0 Å². The molecule has 23 heavy (non-hydrogen) atoms. The summed E-state index contributed by atoms with van der Waals surface area (Å²) in [4.78, 5) is 14.0. The molecule has 1 saturated heterocycles. The number of aromatic hydroxyl groups is 2. The van der Waals surface area contributed by atoms with E-state index in [2.05, 4.69) is 4.90 Å². The maximum Gasteiger partial charge on any atom is 0.336 e. The van der Waals surface area contributed by atoms with Gasteiger partial charge in [-0.2, -0.15) is 0 Å². The van der Waals surface area contributed by atoms with Crippen LogP contribution in [0.15, 0.2) is 27.4 Å². The summed E-state index contributed by atoms with van der Waals surface area (Å²) in [6.45, 7) is 1.61. The lowest BCUT2D eigenvalue weighted by Gasteiger charge is -2.35. The topological polar surface area (TPSA) is 94.1 Å². The quantitative estimate of drug-likeness (QED) is 0.589. The summed E-state index contributed by atoms with van der Waals surface area (Å²) in [5, 5.41) is 29.2. The number of phenolic OH excluding ortho intramolecular Hbond substituents is 2. The lowest BCUT2D eigenvalue weighted by molar-refractivity contribution is 0.113. The average molecular weight is 319 g/mol. The molecule has 0 saturated carbocycles. The molecule has 0 bridgehead atoms. The Morgan fingerprint density at radius 2 is 1.96 bits per heavy atom. The van der Waals surface area contributed by atoms with Crippen molar-refractivity contribution in [1.29, 1.82) is 0 Å². The molecule has 1 fully saturated rings. The van der Waals surface area contributed by atoms with E-state index in [1.54, 1.807) is 0 Å². The summed E-state index contributed by atoms with van der Waals surface area (Å²) in [6.07, 6.45) is 3.98. The number of fused-ring (bicyclic) bond motifs is 1. The first-order valence-corrected chi connectivity index (χ1v) is 7.92. The maximum absolute atomic E-state index is 11.8. The van der Waals surface area contributed by atoms with Crippen molar-refractivity contribution in [3.63, 3.8) is 0 Å². The normalized spacial score (nSPS) is 19.3. The number of rotatable bonds is 4. The van der Waals surface area contributed by atoms with Gasteiger partial charge in [-0.05, 0) is 37.4 Å². The van der Waals surface area contributed by atoms with Crippen LogP contribution in [-0.2, 0) is 6.54 Å². The van der Waals surface area contributed by atoms with Crippen molar-refractivity contribution in [3.8, 4) is 11.5 Å². The molecule has 1 aromatic heterocycles. The van der Waals surface area contributed by atoms with Crippen LogP contribution in [0.25, 0.3) is 11.0 Å². The Balaban J connectivity index is 1.98. The highest BCUT2D eigenvalue weighted by atomic mass is 16.4. The number of hydrogen-bond donors (Lipinski definition) is 3. The molecule has 6 nitrogen and oxygen atoms in total. The van der Waals surface area contributed by atoms with E-state index >= 15 is 0 Å². The van der Waals surface area contributed by atoms with Crippen LogP contribution >= 0.6 is 0 Å². The second-order valence-electron chi connectivity index (χ2n) is 6.06. The van der Waals surface area contributed by atoms with Crippen molar-refractivity contribution < 1.29 is 19.7 Å². The maximum atomic E-state index is 11.8. The Hall–Kier alpha value is -2.05. The molecule has 3 rings (SSSR count). The third-order valence-electron chi connectivity index (χ3n) is 4.51. The van der Waals surface area contributed by atoms with E-state index in [1.165, 1.54) is 18.2 Å². The number of aliphatic hydroxyl groups excluding tert-OH is 1. The first kappa shape index (κ1) is 15.8. The molecule has 2 heterocycles. The summed E-state index contributed by atoms with van der Waals surface area (Å²) in [6, 6.07) is 4.41. The fourth-order valence-electron chi connectivity index (χ4n) is 3.34. The van der Waals surface area contributed by atoms with Crippen LogP contribution < -0.4 is 5.63 Å². The standard InChI is InChI=1S/C17H21NO5/c19-6-4-12-3-1-2-5-18(12)10-11-7-17(22)23-16-9-15(21)14(20)8-13(11)16/h7-9,12,19-21H,1-6,10H2/t12-/m0/s1. The monoisotopic (exact) mass is 319 g/mol. The molecular formula is C17H21NO5. The van der Waals surface area contributed by atoms with Crippen LogP contribution in [0.4, 0.5) is 0 Å². The average Bonchev–Trinajstić information content (AvgIpc) is 2.51. The van der Waals surface area contributed by atoms with Crippen molar-refractivity contribution in [1.82, 2.24) is 4.90 Å². The van der Waals surface area contributed by atoms with Gasteiger partial charge in [-0.25, -0.2) is 4.79 Å². The Labute approximate surface area is 133 Å². The number of nitrogens with zero attached hydrogens (tertiary/aromatic N) is 1. The number of piperidine rings is 1. The van der Waals surface area contributed by atoms with Gasteiger partial charge in [-0.3, -0.25) is 4.90 Å². The first-order chi connectivity index (χ1) is 11.1. The van der Waals surface area contributed by atoms with Crippen LogP contribution in [0.2, 0.25) is 0 Å². The Morgan fingerprint density at radius 1 is 1.17 bits per heavy atom. The van der Waals surface area contributed by atoms with Gasteiger partial charge in [0, 0.05) is 36.7 Å². The summed E-state index contributed by atoms with van der Waals surface area (Å²) < 4.78 is 5.12. The number of aliphatic hydroxyl groups is 1. The van der Waals surface area contributed by atoms with Gasteiger partial charge in [0.15, 0.2) is 11.5 Å². The van der Waals surface area contributed by atoms with E-state index in [9.17, 15) is 20.1 Å². The molecule has 0 radical (unpaired) electrons. The third-order valence-corrected chi connectivity index (χ3v) is 4.51. The van der Waals surface area contributed by atoms with Crippen molar-refractivity contribution in [2.75, 3.05) is 13.2 Å². The molecule has 6 heteroatoms. The fraction of sp³-hybridized carbons (Fsp3) is 0.471. The predicted octanol–water partition coefficient (Wildman–Crippen LogP) is 1.94. The largest absolute Gasteiger partial charge is 0.504 e. The molecule has 0 spiro atoms. The van der Waals surface area contributed by atoms with E-state index in [0.717, 1.165) is 31.4 Å². The minimum atomic E-state index is -0.478. The summed E-state index contributed by atoms with van der Waals surface area (Å²) in [5.41, 5.74) is 0.545. The van der Waals surface area contributed by atoms with Crippen molar-refractivity contribution >= 4 is 11.0 Å². The van der Waals surface area contributed by atoms with E-state index in [0.29, 0.717) is 24.4 Å². The van der Waals surface area contributed by atoms with Crippen molar-refractivity contribution in [3.05, 3.63) is 34.2 Å². The molecule has 0 aliphatic carbocycles. The van der Waals surface area contributed by atoms with Gasteiger partial charge in [0.2, 0.25) is 0 Å². The third kappa shape index (κ3) is 3.33. The zero-order chi connectivity index (χ0) is 16.4. The Kier molecular flexibility index (Phi) is 4.54. The van der Waals surface area contributed by atoms with Crippen molar-refractivity contribution in [2.45, 2.75) is 38.3 Å². The van der Waals surface area contributed by atoms with Gasteiger partial charge in [-0.1, -0.05) is 6.42 Å². The summed E-state index contributed by atoms with van der Waals surface area (Å²) >= 11 is 0. The molecule has 0 amide bonds. The van der Waals surface area contributed by atoms with E-state index in [-0.39, 0.29) is 23.7 Å². The number of phenols is 2. The highest BCUT2D eigenvalue weighted by Gasteiger charge is 2.23. The van der Waals surface area contributed by atoms with Crippen LogP contribution in [0.5, 0.6) is 11.5 Å². The van der Waals surface area contributed by atoms with Crippen molar-refractivity contribution in [2.24, 2.45) is 0 Å². The molecule has 0 unspecified atom stereocenters. The van der Waals surface area contributed by atoms with E-state index < -0.39 is 5.63 Å². The second-order valence-corrected chi connectivity index (χ2v) is 6.06. The minimum absolute atomic E-state index is 0.146. The van der Waals surface area contributed by atoms with Gasteiger partial charge in [-0.15, -0.1) is 0 Å². The van der Waals surface area contributed by atoms with E-state index in [1.807, 2.05) is 0 Å². The van der Waals surface area contributed by atoms with Gasteiger partial charge in [0.05, 0.1) is 0 Å². The fourth-order valence-corrected chi connectivity index (χ4v) is 3.34. The van der Waals surface area contributed by atoms with Crippen LogP contribution in [0.1, 0.15) is 31.2 Å². The zero-order valence-corrected chi connectivity index (χ0v) is 12.9. The van der Waals surface area contributed by atoms with Crippen LogP contribution in [0, 0.1) is 0 Å². The highest BCUT2D eigenvalue weighted by molar-refractivity contribution is 5.83. The summed E-state index contributed by atoms with van der Waals surface area (Å²) in [7, 11) is 0. The van der Waals surface area contributed by atoms with Gasteiger partial charge in [0.1, 0.15) is 5.58 Å². The molecule has 1 aromatic carbocycles. The molecule has 3 N–H and O–H groups in total. The van der Waals surface area contributed by atoms with Crippen LogP contribution in [-0.4, -0.2) is 39.4 Å². The molecule has 1 atom stereocenters. The molecule has 1 aliphatic heterocycles. The molecule has 1 aliphatic rings. The molecule has 2 aromatic rings. The number of likely N-dealkylation sites (tertiary alicyclic amines) is 1. The number of benzene rings is 1. The van der Waals surface area contributed by atoms with E-state index in [4.69, 9.17) is 4.42 Å². The molecule has 124 valence electrons. The Morgan fingerprint density at radius 3 is 2.74 bits per heavy atom. The lowest BCUT2D eigenvalue weighted by atomic mass is 9.98.